The van der Waals surface area contributed by atoms with Crippen LogP contribution in [0.25, 0.3) is 0 Å². The second-order valence-corrected chi connectivity index (χ2v) is 9.56. The summed E-state index contributed by atoms with van der Waals surface area (Å²) in [5, 5.41) is 5.58. The molecule has 35 heavy (non-hydrogen) atoms. The molecule has 3 N–H and O–H groups in total. The van der Waals surface area contributed by atoms with E-state index in [1.54, 1.807) is 60.7 Å². The number of anilines is 2. The van der Waals surface area contributed by atoms with Crippen LogP contribution in [0.4, 0.5) is 11.4 Å². The van der Waals surface area contributed by atoms with Gasteiger partial charge in [-0.05, 0) is 79.3 Å². The fraction of sp³-hybridized carbons (Fsp3) is 0.200. The molecule has 0 radical (unpaired) electrons. The maximum atomic E-state index is 12.7. The van der Waals surface area contributed by atoms with Gasteiger partial charge in [0, 0.05) is 11.4 Å². The zero-order valence-corrected chi connectivity index (χ0v) is 21.0. The van der Waals surface area contributed by atoms with Gasteiger partial charge in [-0.15, -0.1) is 0 Å². The highest BCUT2D eigenvalue weighted by Crippen LogP contribution is 2.21. The fourth-order valence-electron chi connectivity index (χ4n) is 3.03. The van der Waals surface area contributed by atoms with E-state index in [4.69, 9.17) is 21.7 Å². The summed E-state index contributed by atoms with van der Waals surface area (Å²) < 4.78 is 38.6. The van der Waals surface area contributed by atoms with E-state index in [0.717, 1.165) is 12.8 Å². The van der Waals surface area contributed by atoms with Gasteiger partial charge in [0.2, 0.25) is 0 Å². The van der Waals surface area contributed by atoms with Crippen molar-refractivity contribution in [1.29, 1.82) is 0 Å². The Balaban J connectivity index is 1.60. The number of nitrogens with one attached hydrogen (secondary N) is 3. The highest BCUT2D eigenvalue weighted by molar-refractivity contribution is 7.92. The Morgan fingerprint density at radius 1 is 0.943 bits per heavy atom. The van der Waals surface area contributed by atoms with Crippen molar-refractivity contribution >= 4 is 44.6 Å². The number of para-hydroxylation sites is 1. The van der Waals surface area contributed by atoms with Crippen molar-refractivity contribution in [2.45, 2.75) is 24.7 Å². The van der Waals surface area contributed by atoms with E-state index in [9.17, 15) is 13.2 Å². The normalized spacial score (nSPS) is 10.8. The average Bonchev–Trinajstić information content (AvgIpc) is 2.85. The summed E-state index contributed by atoms with van der Waals surface area (Å²) in [6.07, 6.45) is 1.87. The Kier molecular flexibility index (Phi) is 9.04. The molecular formula is C25H27N3O5S2. The van der Waals surface area contributed by atoms with Gasteiger partial charge < -0.3 is 14.8 Å². The third-order valence-corrected chi connectivity index (χ3v) is 6.48. The van der Waals surface area contributed by atoms with Crippen LogP contribution in [-0.4, -0.2) is 33.2 Å². The molecule has 0 aliphatic rings. The number of amides is 1. The molecule has 3 aromatic carbocycles. The first-order valence-electron chi connectivity index (χ1n) is 10.9. The maximum absolute atomic E-state index is 12.7. The zero-order valence-electron chi connectivity index (χ0n) is 19.4. The van der Waals surface area contributed by atoms with Gasteiger partial charge in [0.1, 0.15) is 11.5 Å². The Hall–Kier alpha value is -3.63. The van der Waals surface area contributed by atoms with Crippen LogP contribution in [-0.2, 0) is 10.0 Å². The minimum atomic E-state index is -3.78. The third-order valence-electron chi connectivity index (χ3n) is 4.88. The highest BCUT2D eigenvalue weighted by Gasteiger charge is 2.16. The van der Waals surface area contributed by atoms with Crippen molar-refractivity contribution in [3.63, 3.8) is 0 Å². The van der Waals surface area contributed by atoms with Crippen molar-refractivity contribution in [1.82, 2.24) is 5.32 Å². The minimum Gasteiger partial charge on any atom is -0.497 e. The molecule has 3 aromatic rings. The monoisotopic (exact) mass is 513 g/mol. The van der Waals surface area contributed by atoms with Crippen LogP contribution in [0.5, 0.6) is 11.5 Å². The Bertz CT molecular complexity index is 1260. The van der Waals surface area contributed by atoms with E-state index in [0.29, 0.717) is 35.0 Å². The lowest BCUT2D eigenvalue weighted by Crippen LogP contribution is -2.34. The van der Waals surface area contributed by atoms with Crippen LogP contribution in [0, 0.1) is 0 Å². The first kappa shape index (κ1) is 26.0. The molecule has 184 valence electrons. The molecule has 10 heteroatoms. The Morgan fingerprint density at radius 3 is 2.26 bits per heavy atom. The molecular weight excluding hydrogens is 486 g/mol. The van der Waals surface area contributed by atoms with Gasteiger partial charge >= 0.3 is 0 Å². The molecule has 0 heterocycles. The van der Waals surface area contributed by atoms with Crippen molar-refractivity contribution < 1.29 is 22.7 Å². The van der Waals surface area contributed by atoms with Crippen LogP contribution in [0.1, 0.15) is 30.1 Å². The van der Waals surface area contributed by atoms with E-state index < -0.39 is 15.9 Å². The number of hydrogen-bond acceptors (Lipinski definition) is 6. The van der Waals surface area contributed by atoms with Gasteiger partial charge in [0.15, 0.2) is 5.11 Å². The molecule has 0 bridgehead atoms. The largest absolute Gasteiger partial charge is 0.497 e. The van der Waals surface area contributed by atoms with E-state index in [1.807, 2.05) is 0 Å². The lowest BCUT2D eigenvalue weighted by molar-refractivity contribution is 0.0973. The van der Waals surface area contributed by atoms with Gasteiger partial charge in [-0.3, -0.25) is 14.8 Å². The summed E-state index contributed by atoms with van der Waals surface area (Å²) in [7, 11) is -2.25. The second-order valence-electron chi connectivity index (χ2n) is 7.46. The van der Waals surface area contributed by atoms with Gasteiger partial charge in [-0.2, -0.15) is 0 Å². The number of sulfonamides is 1. The van der Waals surface area contributed by atoms with E-state index in [1.165, 1.54) is 19.2 Å². The molecule has 8 nitrogen and oxygen atoms in total. The number of rotatable bonds is 10. The number of benzene rings is 3. The summed E-state index contributed by atoms with van der Waals surface area (Å²) in [6.45, 7) is 2.58. The molecule has 0 fully saturated rings. The van der Waals surface area contributed by atoms with Gasteiger partial charge in [0.25, 0.3) is 15.9 Å². The molecule has 0 unspecified atom stereocenters. The third kappa shape index (κ3) is 7.43. The topological polar surface area (TPSA) is 106 Å². The molecule has 0 saturated carbocycles. The maximum Gasteiger partial charge on any atom is 0.261 e. The van der Waals surface area contributed by atoms with Gasteiger partial charge in [-0.25, -0.2) is 8.42 Å². The summed E-state index contributed by atoms with van der Waals surface area (Å²) in [5.41, 5.74) is 1.31. The number of carbonyl (C=O) groups is 1. The van der Waals surface area contributed by atoms with Crippen LogP contribution in [0.3, 0.4) is 0 Å². The smallest absolute Gasteiger partial charge is 0.261 e. The number of ether oxygens (including phenoxy) is 2. The molecule has 0 aliphatic carbocycles. The van der Waals surface area contributed by atoms with Gasteiger partial charge in [-0.1, -0.05) is 25.5 Å². The van der Waals surface area contributed by atoms with Crippen molar-refractivity contribution in [3.8, 4) is 11.5 Å². The summed E-state index contributed by atoms with van der Waals surface area (Å²) in [4.78, 5) is 12.8. The molecule has 0 aromatic heterocycles. The highest BCUT2D eigenvalue weighted by atomic mass is 32.2. The Morgan fingerprint density at radius 2 is 1.60 bits per heavy atom. The Labute approximate surface area is 210 Å². The van der Waals surface area contributed by atoms with Crippen LogP contribution in [0.15, 0.2) is 77.7 Å². The minimum absolute atomic E-state index is 0.0744. The van der Waals surface area contributed by atoms with Gasteiger partial charge in [0.05, 0.1) is 24.2 Å². The first-order valence-corrected chi connectivity index (χ1v) is 12.8. The lowest BCUT2D eigenvalue weighted by Gasteiger charge is -2.13. The quantitative estimate of drug-likeness (QED) is 0.264. The molecule has 0 aliphatic heterocycles. The SMILES string of the molecule is CCCCOc1ccccc1C(=O)NC(=S)Nc1ccc(S(=O)(=O)Nc2ccc(OC)cc2)cc1. The predicted molar refractivity (Wildman–Crippen MR) is 141 cm³/mol. The first-order chi connectivity index (χ1) is 16.8. The number of methoxy groups -OCH3 is 1. The molecule has 3 rings (SSSR count). The summed E-state index contributed by atoms with van der Waals surface area (Å²) >= 11 is 5.25. The lowest BCUT2D eigenvalue weighted by atomic mass is 10.2. The van der Waals surface area contributed by atoms with E-state index >= 15 is 0 Å². The van der Waals surface area contributed by atoms with Crippen LogP contribution in [0.2, 0.25) is 0 Å². The molecule has 0 spiro atoms. The van der Waals surface area contributed by atoms with Crippen LogP contribution >= 0.6 is 12.2 Å². The molecule has 0 saturated heterocycles. The fourth-order valence-corrected chi connectivity index (χ4v) is 4.30. The molecule has 0 atom stereocenters. The van der Waals surface area contributed by atoms with Crippen molar-refractivity contribution in [3.05, 3.63) is 78.4 Å². The summed E-state index contributed by atoms with van der Waals surface area (Å²) in [6, 6.07) is 19.5. The molecule has 1 amide bonds. The number of carbonyl (C=O) groups excluding carboxylic acids is 1. The number of unbranched alkanes of at least 4 members (excludes halogenated alkanes) is 1. The number of hydrogen-bond donors (Lipinski definition) is 3. The van der Waals surface area contributed by atoms with E-state index in [-0.39, 0.29) is 10.0 Å². The summed E-state index contributed by atoms with van der Waals surface area (Å²) in [5.74, 6) is 0.705. The zero-order chi connectivity index (χ0) is 25.3. The second kappa shape index (κ2) is 12.2. The van der Waals surface area contributed by atoms with Crippen molar-refractivity contribution in [2.24, 2.45) is 0 Å². The van der Waals surface area contributed by atoms with Crippen molar-refractivity contribution in [2.75, 3.05) is 23.8 Å². The van der Waals surface area contributed by atoms with E-state index in [2.05, 4.69) is 22.3 Å². The average molecular weight is 514 g/mol. The van der Waals surface area contributed by atoms with Crippen LogP contribution < -0.4 is 24.8 Å². The predicted octanol–water partition coefficient (Wildman–Crippen LogP) is 4.80. The number of thiocarbonyl (C=S) groups is 1. The standard InChI is InChI=1S/C25H27N3O5S2/c1-3-4-17-33-23-8-6-5-7-22(23)24(29)27-25(34)26-18-11-15-21(16-12-18)35(30,31)28-19-9-13-20(32-2)14-10-19/h5-16,28H,3-4,17H2,1-2H3,(H2,26,27,29,34).